The molecule has 0 aromatic rings. The Morgan fingerprint density at radius 1 is 1.22 bits per heavy atom. The molecule has 0 rings (SSSR count). The predicted octanol–water partition coefficient (Wildman–Crippen LogP) is 4.16. The van der Waals surface area contributed by atoms with E-state index in [2.05, 4.69) is 43.0 Å². The number of nitrogens with one attached hydrogen (secondary N) is 1. The van der Waals surface area contributed by atoms with Gasteiger partial charge in [-0.15, -0.1) is 0 Å². The summed E-state index contributed by atoms with van der Waals surface area (Å²) in [5, 5.41) is 3.19. The fraction of sp³-hybridized carbons (Fsp3) is 0.312. The highest BCUT2D eigenvalue weighted by molar-refractivity contribution is 5.77. The molecule has 0 saturated heterocycles. The van der Waals surface area contributed by atoms with E-state index in [1.165, 1.54) is 5.57 Å². The summed E-state index contributed by atoms with van der Waals surface area (Å²) in [4.78, 5) is 4.23. The number of aliphatic imine (C=N–C) groups is 1. The van der Waals surface area contributed by atoms with E-state index >= 15 is 0 Å². The number of hydrogen-bond donors (Lipinski definition) is 1. The number of rotatable bonds is 7. The van der Waals surface area contributed by atoms with Crippen molar-refractivity contribution in [1.82, 2.24) is 5.32 Å². The zero-order chi connectivity index (χ0) is 14.1. The Kier molecular flexibility index (Phi) is 7.45. The first kappa shape index (κ1) is 16.2. The van der Waals surface area contributed by atoms with E-state index in [1.807, 2.05) is 27.0 Å². The van der Waals surface area contributed by atoms with E-state index in [4.69, 9.17) is 0 Å². The second-order valence-corrected chi connectivity index (χ2v) is 4.23. The summed E-state index contributed by atoms with van der Waals surface area (Å²) in [6.45, 7) is 19.6. The molecular weight excluding hydrogens is 220 g/mol. The molecule has 0 aliphatic carbocycles. The lowest BCUT2D eigenvalue weighted by atomic mass is 10.1. The minimum Gasteiger partial charge on any atom is -0.378 e. The average Bonchev–Trinajstić information content (AvgIpc) is 2.36. The van der Waals surface area contributed by atoms with Gasteiger partial charge < -0.3 is 5.32 Å². The van der Waals surface area contributed by atoms with Gasteiger partial charge in [0.05, 0.1) is 0 Å². The fourth-order valence-electron chi connectivity index (χ4n) is 1.15. The van der Waals surface area contributed by atoms with Gasteiger partial charge in [0.2, 0.25) is 0 Å². The van der Waals surface area contributed by atoms with Crippen LogP contribution in [0.3, 0.4) is 0 Å². The molecule has 2 heteroatoms. The Balaban J connectivity index is 4.42. The third-order valence-electron chi connectivity index (χ3n) is 2.77. The molecule has 0 fully saturated rings. The maximum atomic E-state index is 4.23. The van der Waals surface area contributed by atoms with Crippen LogP contribution in [-0.2, 0) is 0 Å². The topological polar surface area (TPSA) is 24.4 Å². The average molecular weight is 244 g/mol. The van der Waals surface area contributed by atoms with Crippen LogP contribution in [-0.4, -0.2) is 12.3 Å². The van der Waals surface area contributed by atoms with Crippen LogP contribution in [0.1, 0.15) is 27.7 Å². The Bertz CT molecular complexity index is 409. The van der Waals surface area contributed by atoms with Crippen LogP contribution >= 0.6 is 0 Å². The van der Waals surface area contributed by atoms with Crippen LogP contribution in [0.4, 0.5) is 0 Å². The molecule has 0 aliphatic rings. The molecule has 0 spiro atoms. The molecule has 0 aliphatic heterocycles. The van der Waals surface area contributed by atoms with Gasteiger partial charge in [-0.1, -0.05) is 37.5 Å². The lowest BCUT2D eigenvalue weighted by molar-refractivity contribution is 0.732. The highest BCUT2D eigenvalue weighted by atomic mass is 14.9. The second-order valence-electron chi connectivity index (χ2n) is 4.23. The van der Waals surface area contributed by atoms with Gasteiger partial charge in [-0.3, -0.25) is 4.99 Å². The molecule has 0 saturated carbocycles. The third kappa shape index (κ3) is 6.04. The summed E-state index contributed by atoms with van der Waals surface area (Å²) in [5.41, 5.74) is 4.05. The van der Waals surface area contributed by atoms with E-state index in [-0.39, 0.29) is 6.04 Å². The summed E-state index contributed by atoms with van der Waals surface area (Å²) < 4.78 is 0. The molecule has 0 amide bonds. The molecule has 98 valence electrons. The molecule has 0 heterocycles. The van der Waals surface area contributed by atoms with Gasteiger partial charge in [0.15, 0.2) is 0 Å². The Labute approximate surface area is 111 Å². The minimum absolute atomic E-state index is 0.115. The van der Waals surface area contributed by atoms with Gasteiger partial charge in [-0.25, -0.2) is 0 Å². The maximum Gasteiger partial charge on any atom is 0.0493 e. The third-order valence-corrected chi connectivity index (χ3v) is 2.77. The number of allylic oxidation sites excluding steroid dienone is 4. The van der Waals surface area contributed by atoms with Crippen molar-refractivity contribution in [2.45, 2.75) is 33.7 Å². The largest absolute Gasteiger partial charge is 0.378 e. The van der Waals surface area contributed by atoms with E-state index in [0.29, 0.717) is 0 Å². The highest BCUT2D eigenvalue weighted by Crippen LogP contribution is 2.07. The lowest BCUT2D eigenvalue weighted by Gasteiger charge is -2.14. The monoisotopic (exact) mass is 244 g/mol. The first-order valence-corrected chi connectivity index (χ1v) is 6.02. The summed E-state index contributed by atoms with van der Waals surface area (Å²) in [6, 6.07) is 0.115. The molecule has 0 aromatic heterocycles. The number of hydrogen-bond acceptors (Lipinski definition) is 2. The smallest absolute Gasteiger partial charge is 0.0493 e. The van der Waals surface area contributed by atoms with Crippen LogP contribution in [0.15, 0.2) is 65.5 Å². The predicted molar refractivity (Wildman–Crippen MR) is 82.8 cm³/mol. The first-order chi connectivity index (χ1) is 8.42. The van der Waals surface area contributed by atoms with Crippen LogP contribution in [0.2, 0.25) is 0 Å². The molecule has 0 radical (unpaired) electrons. The van der Waals surface area contributed by atoms with Crippen molar-refractivity contribution in [3.63, 3.8) is 0 Å². The molecule has 18 heavy (non-hydrogen) atoms. The van der Waals surface area contributed by atoms with Crippen LogP contribution < -0.4 is 5.32 Å². The summed E-state index contributed by atoms with van der Waals surface area (Å²) in [6.07, 6.45) is 7.33. The van der Waals surface area contributed by atoms with E-state index in [9.17, 15) is 0 Å². The molecule has 2 nitrogen and oxygen atoms in total. The zero-order valence-corrected chi connectivity index (χ0v) is 12.0. The Hall–Kier alpha value is -1.83. The molecule has 0 bridgehead atoms. The number of nitrogens with zero attached hydrogens (tertiary/aromatic N) is 1. The zero-order valence-electron chi connectivity index (χ0n) is 12.0. The molecule has 0 aromatic carbocycles. The van der Waals surface area contributed by atoms with Crippen molar-refractivity contribution in [3.8, 4) is 0 Å². The maximum absolute atomic E-state index is 4.23. The van der Waals surface area contributed by atoms with Crippen LogP contribution in [0.5, 0.6) is 0 Å². The Morgan fingerprint density at radius 3 is 2.33 bits per heavy atom. The van der Waals surface area contributed by atoms with Crippen molar-refractivity contribution in [2.75, 3.05) is 0 Å². The van der Waals surface area contributed by atoms with Crippen LogP contribution in [0, 0.1) is 0 Å². The van der Waals surface area contributed by atoms with E-state index in [1.54, 1.807) is 12.3 Å². The quantitative estimate of drug-likeness (QED) is 0.528. The van der Waals surface area contributed by atoms with E-state index in [0.717, 1.165) is 16.8 Å². The van der Waals surface area contributed by atoms with Gasteiger partial charge in [0.25, 0.3) is 0 Å². The standard InChI is InChI=1S/C16H24N2/c1-8-12(3)14(5)10-17-11-15(6)18-16(7)13(4)9-2/h8-11,16,18H,2,4,6H2,1,3,5,7H3/b12-8+,14-10+,17-11-/t16-/m0/s1. The van der Waals surface area contributed by atoms with Crippen molar-refractivity contribution in [1.29, 1.82) is 0 Å². The minimum atomic E-state index is 0.115. The van der Waals surface area contributed by atoms with Gasteiger partial charge in [0, 0.05) is 24.2 Å². The fourth-order valence-corrected chi connectivity index (χ4v) is 1.15. The van der Waals surface area contributed by atoms with Gasteiger partial charge >= 0.3 is 0 Å². The van der Waals surface area contributed by atoms with Crippen molar-refractivity contribution in [3.05, 3.63) is 60.5 Å². The highest BCUT2D eigenvalue weighted by Gasteiger charge is 2.01. The normalized spacial score (nSPS) is 14.4. The van der Waals surface area contributed by atoms with Crippen molar-refractivity contribution >= 4 is 6.21 Å². The summed E-state index contributed by atoms with van der Waals surface area (Å²) >= 11 is 0. The van der Waals surface area contributed by atoms with Crippen molar-refractivity contribution in [2.24, 2.45) is 4.99 Å². The SMILES string of the molecule is C=CC(=C)[C@H](C)NC(=C)\C=N/C=C(C)/C(C)=C/C. The van der Waals surface area contributed by atoms with Crippen LogP contribution in [0.25, 0.3) is 0 Å². The van der Waals surface area contributed by atoms with Gasteiger partial charge in [0.1, 0.15) is 0 Å². The lowest BCUT2D eigenvalue weighted by Crippen LogP contribution is -2.26. The molecular formula is C16H24N2. The molecule has 1 N–H and O–H groups in total. The van der Waals surface area contributed by atoms with Gasteiger partial charge in [-0.2, -0.15) is 0 Å². The summed E-state index contributed by atoms with van der Waals surface area (Å²) in [7, 11) is 0. The summed E-state index contributed by atoms with van der Waals surface area (Å²) in [5.74, 6) is 0. The Morgan fingerprint density at radius 2 is 1.83 bits per heavy atom. The van der Waals surface area contributed by atoms with E-state index < -0.39 is 0 Å². The first-order valence-electron chi connectivity index (χ1n) is 6.02. The van der Waals surface area contributed by atoms with Crippen molar-refractivity contribution < 1.29 is 0 Å². The molecule has 0 unspecified atom stereocenters. The van der Waals surface area contributed by atoms with Gasteiger partial charge in [-0.05, 0) is 38.8 Å². The second kappa shape index (κ2) is 8.29. The molecule has 1 atom stereocenters.